The number of rotatable bonds is 12. The minimum Gasteiger partial charge on any atom is -0.466 e. The highest BCUT2D eigenvalue weighted by molar-refractivity contribution is 6.30. The second-order valence-electron chi connectivity index (χ2n) is 5.78. The van der Waals surface area contributed by atoms with E-state index in [4.69, 9.17) is 21.1 Å². The van der Waals surface area contributed by atoms with E-state index in [0.717, 1.165) is 18.4 Å². The highest BCUT2D eigenvalue weighted by Crippen LogP contribution is 2.12. The topological polar surface area (TPSA) is 52.6 Å². The first-order valence-corrected chi connectivity index (χ1v) is 9.05. The number of ether oxygens (including phenoxy) is 2. The molecule has 1 rings (SSSR count). The van der Waals surface area contributed by atoms with Gasteiger partial charge in [0, 0.05) is 5.02 Å². The molecule has 0 saturated heterocycles. The number of hydrogen-bond acceptors (Lipinski definition) is 4. The Bertz CT molecular complexity index is 502. The molecular formula is C19H27ClO4. The minimum absolute atomic E-state index is 0.0376. The van der Waals surface area contributed by atoms with Gasteiger partial charge in [0.1, 0.15) is 6.61 Å². The summed E-state index contributed by atoms with van der Waals surface area (Å²) >= 11 is 5.86. The van der Waals surface area contributed by atoms with Crippen molar-refractivity contribution in [2.75, 3.05) is 6.61 Å². The molecule has 5 heteroatoms. The maximum atomic E-state index is 11.6. The molecular weight excluding hydrogens is 328 g/mol. The summed E-state index contributed by atoms with van der Waals surface area (Å²) in [5, 5.41) is 0.599. The average molecular weight is 355 g/mol. The first-order chi connectivity index (χ1) is 11.6. The van der Waals surface area contributed by atoms with Crippen LogP contribution in [0.15, 0.2) is 24.3 Å². The Labute approximate surface area is 149 Å². The standard InChI is InChI=1S/C19H27ClO4/c1-2-3-4-5-6-7-13-23-18(21)11-12-19(22)24-15-16-9-8-10-17(20)14-16/h8-10,14H,2-7,11-13,15H2,1H3. The SMILES string of the molecule is CCCCCCCCOC(=O)CCC(=O)OCc1cccc(Cl)c1. The van der Waals surface area contributed by atoms with Crippen molar-refractivity contribution in [3.8, 4) is 0 Å². The molecule has 0 spiro atoms. The van der Waals surface area contributed by atoms with Gasteiger partial charge < -0.3 is 9.47 Å². The fourth-order valence-corrected chi connectivity index (χ4v) is 2.42. The summed E-state index contributed by atoms with van der Waals surface area (Å²) in [5.74, 6) is -0.755. The molecule has 4 nitrogen and oxygen atoms in total. The zero-order valence-electron chi connectivity index (χ0n) is 14.4. The van der Waals surface area contributed by atoms with Crippen LogP contribution in [0.3, 0.4) is 0 Å². The lowest BCUT2D eigenvalue weighted by Gasteiger charge is -2.06. The first kappa shape index (κ1) is 20.5. The van der Waals surface area contributed by atoms with Gasteiger partial charge in [0.25, 0.3) is 0 Å². The molecule has 134 valence electrons. The van der Waals surface area contributed by atoms with Crippen LogP contribution in [0, 0.1) is 0 Å². The number of carbonyl (C=O) groups is 2. The van der Waals surface area contributed by atoms with Gasteiger partial charge in [0.2, 0.25) is 0 Å². The lowest BCUT2D eigenvalue weighted by Crippen LogP contribution is -2.11. The fraction of sp³-hybridized carbons (Fsp3) is 0.579. The third-order valence-corrected chi connectivity index (χ3v) is 3.82. The Balaban J connectivity index is 2.04. The maximum Gasteiger partial charge on any atom is 0.306 e. The van der Waals surface area contributed by atoms with Crippen LogP contribution >= 0.6 is 11.6 Å². The van der Waals surface area contributed by atoms with E-state index in [2.05, 4.69) is 6.92 Å². The van der Waals surface area contributed by atoms with Gasteiger partial charge in [-0.3, -0.25) is 9.59 Å². The Morgan fingerprint density at radius 3 is 2.33 bits per heavy atom. The number of esters is 2. The molecule has 0 aliphatic carbocycles. The Kier molecular flexibility index (Phi) is 10.9. The molecule has 24 heavy (non-hydrogen) atoms. The van der Waals surface area contributed by atoms with E-state index in [1.165, 1.54) is 25.7 Å². The summed E-state index contributed by atoms with van der Waals surface area (Å²) < 4.78 is 10.2. The smallest absolute Gasteiger partial charge is 0.306 e. The summed E-state index contributed by atoms with van der Waals surface area (Å²) in [5.41, 5.74) is 0.821. The molecule has 0 amide bonds. The van der Waals surface area contributed by atoms with Crippen LogP contribution in [0.4, 0.5) is 0 Å². The normalized spacial score (nSPS) is 10.4. The van der Waals surface area contributed by atoms with E-state index in [-0.39, 0.29) is 25.4 Å². The van der Waals surface area contributed by atoms with E-state index in [9.17, 15) is 9.59 Å². The molecule has 0 aliphatic heterocycles. The molecule has 0 heterocycles. The van der Waals surface area contributed by atoms with Gasteiger partial charge in [-0.2, -0.15) is 0 Å². The number of benzene rings is 1. The van der Waals surface area contributed by atoms with Gasteiger partial charge in [-0.15, -0.1) is 0 Å². The lowest BCUT2D eigenvalue weighted by molar-refractivity contribution is -0.151. The highest BCUT2D eigenvalue weighted by Gasteiger charge is 2.09. The summed E-state index contributed by atoms with van der Waals surface area (Å²) in [6, 6.07) is 7.12. The summed E-state index contributed by atoms with van der Waals surface area (Å²) in [6.45, 7) is 2.77. The second kappa shape index (κ2) is 12.8. The fourth-order valence-electron chi connectivity index (χ4n) is 2.21. The van der Waals surface area contributed by atoms with Crippen LogP contribution in [-0.2, 0) is 25.7 Å². The van der Waals surface area contributed by atoms with Crippen LogP contribution < -0.4 is 0 Å². The number of unbranched alkanes of at least 4 members (excludes halogenated alkanes) is 5. The molecule has 0 aromatic heterocycles. The van der Waals surface area contributed by atoms with Crippen LogP contribution in [0.5, 0.6) is 0 Å². The molecule has 0 fully saturated rings. The van der Waals surface area contributed by atoms with Crippen LogP contribution in [-0.4, -0.2) is 18.5 Å². The van der Waals surface area contributed by atoms with Gasteiger partial charge in [-0.25, -0.2) is 0 Å². The Hall–Kier alpha value is -1.55. The molecule has 0 unspecified atom stereocenters. The van der Waals surface area contributed by atoms with Crippen LogP contribution in [0.25, 0.3) is 0 Å². The largest absolute Gasteiger partial charge is 0.466 e. The third-order valence-electron chi connectivity index (χ3n) is 3.58. The van der Waals surface area contributed by atoms with E-state index >= 15 is 0 Å². The van der Waals surface area contributed by atoms with Crippen LogP contribution in [0.2, 0.25) is 5.02 Å². The lowest BCUT2D eigenvalue weighted by atomic mass is 10.1. The molecule has 0 aliphatic rings. The molecule has 0 radical (unpaired) electrons. The summed E-state index contributed by atoms with van der Waals surface area (Å²) in [6.07, 6.45) is 6.97. The molecule has 1 aromatic rings. The molecule has 0 N–H and O–H groups in total. The van der Waals surface area contributed by atoms with Crippen molar-refractivity contribution < 1.29 is 19.1 Å². The zero-order chi connectivity index (χ0) is 17.6. The molecule has 0 saturated carbocycles. The van der Waals surface area contributed by atoms with Crippen LogP contribution in [0.1, 0.15) is 63.9 Å². The van der Waals surface area contributed by atoms with Crippen molar-refractivity contribution in [3.05, 3.63) is 34.9 Å². The maximum absolute atomic E-state index is 11.6. The summed E-state index contributed by atoms with van der Waals surface area (Å²) in [7, 11) is 0. The quantitative estimate of drug-likeness (QED) is 0.388. The number of hydrogen-bond donors (Lipinski definition) is 0. The van der Waals surface area contributed by atoms with Crippen molar-refractivity contribution in [3.63, 3.8) is 0 Å². The Morgan fingerprint density at radius 2 is 1.62 bits per heavy atom. The summed E-state index contributed by atoms with van der Waals surface area (Å²) in [4.78, 5) is 23.2. The van der Waals surface area contributed by atoms with Crippen molar-refractivity contribution in [2.24, 2.45) is 0 Å². The number of halogens is 1. The molecule has 0 atom stereocenters. The first-order valence-electron chi connectivity index (χ1n) is 8.67. The molecule has 1 aromatic carbocycles. The molecule has 0 bridgehead atoms. The number of carbonyl (C=O) groups excluding carboxylic acids is 2. The monoisotopic (exact) mass is 354 g/mol. The van der Waals surface area contributed by atoms with E-state index in [1.54, 1.807) is 18.2 Å². The van der Waals surface area contributed by atoms with Crippen molar-refractivity contribution in [1.29, 1.82) is 0 Å². The van der Waals surface area contributed by atoms with E-state index in [1.807, 2.05) is 6.07 Å². The van der Waals surface area contributed by atoms with Crippen molar-refractivity contribution >= 4 is 23.5 Å². The van der Waals surface area contributed by atoms with Crippen molar-refractivity contribution in [1.82, 2.24) is 0 Å². The predicted molar refractivity (Wildman–Crippen MR) is 94.8 cm³/mol. The minimum atomic E-state index is -0.411. The van der Waals surface area contributed by atoms with Gasteiger partial charge in [0.05, 0.1) is 19.4 Å². The van der Waals surface area contributed by atoms with Gasteiger partial charge in [-0.1, -0.05) is 62.8 Å². The van der Waals surface area contributed by atoms with Gasteiger partial charge in [-0.05, 0) is 24.1 Å². The zero-order valence-corrected chi connectivity index (χ0v) is 15.1. The third kappa shape index (κ3) is 10.3. The van der Waals surface area contributed by atoms with E-state index < -0.39 is 5.97 Å². The van der Waals surface area contributed by atoms with Crippen molar-refractivity contribution in [2.45, 2.75) is 64.9 Å². The van der Waals surface area contributed by atoms with Gasteiger partial charge >= 0.3 is 11.9 Å². The highest BCUT2D eigenvalue weighted by atomic mass is 35.5. The predicted octanol–water partition coefficient (Wildman–Crippen LogP) is 5.07. The van der Waals surface area contributed by atoms with E-state index in [0.29, 0.717) is 11.6 Å². The average Bonchev–Trinajstić information content (AvgIpc) is 2.57. The second-order valence-corrected chi connectivity index (χ2v) is 6.22. The Morgan fingerprint density at radius 1 is 0.958 bits per heavy atom. The van der Waals surface area contributed by atoms with Gasteiger partial charge in [0.15, 0.2) is 0 Å².